The second kappa shape index (κ2) is 7.02. The number of nitrogens with zero attached hydrogens (tertiary/aromatic N) is 1. The van der Waals surface area contributed by atoms with Gasteiger partial charge in [-0.1, -0.05) is 30.3 Å². The molecule has 2 rings (SSSR count). The lowest BCUT2D eigenvalue weighted by Crippen LogP contribution is -2.22. The summed E-state index contributed by atoms with van der Waals surface area (Å²) in [5.41, 5.74) is 9.10. The van der Waals surface area contributed by atoms with E-state index < -0.39 is 0 Å². The highest BCUT2D eigenvalue weighted by molar-refractivity contribution is 5.62. The van der Waals surface area contributed by atoms with Crippen LogP contribution in [-0.4, -0.2) is 12.6 Å². The number of rotatable bonds is 6. The first kappa shape index (κ1) is 15.2. The Labute approximate surface area is 127 Å². The van der Waals surface area contributed by atoms with Crippen LogP contribution < -0.4 is 15.4 Å². The molecule has 0 spiro atoms. The summed E-state index contributed by atoms with van der Waals surface area (Å²) in [4.78, 5) is 2.31. The van der Waals surface area contributed by atoms with E-state index in [4.69, 9.17) is 10.5 Å². The van der Waals surface area contributed by atoms with Crippen LogP contribution in [0.15, 0.2) is 48.5 Å². The molecule has 0 fully saturated rings. The van der Waals surface area contributed by atoms with Gasteiger partial charge in [0, 0.05) is 24.8 Å². The lowest BCUT2D eigenvalue weighted by Gasteiger charge is -2.24. The Morgan fingerprint density at radius 2 is 1.81 bits per heavy atom. The smallest absolute Gasteiger partial charge is 0.144 e. The summed E-state index contributed by atoms with van der Waals surface area (Å²) in [6.07, 6.45) is 0.117. The van der Waals surface area contributed by atoms with Crippen LogP contribution in [0.4, 0.5) is 11.4 Å². The molecule has 0 aliphatic heterocycles. The molecule has 0 heterocycles. The molecule has 2 N–H and O–H groups in total. The molecule has 0 atom stereocenters. The first-order valence-electron chi connectivity index (χ1n) is 7.45. The third kappa shape index (κ3) is 4.15. The quantitative estimate of drug-likeness (QED) is 0.812. The minimum absolute atomic E-state index is 0.117. The Morgan fingerprint density at radius 1 is 1.10 bits per heavy atom. The first-order valence-corrected chi connectivity index (χ1v) is 7.45. The van der Waals surface area contributed by atoms with E-state index in [0.29, 0.717) is 5.69 Å². The van der Waals surface area contributed by atoms with Crippen LogP contribution in [0, 0.1) is 0 Å². The maximum atomic E-state index is 5.99. The SMILES string of the molecule is CCN(Cc1ccccc1)c1ccc(N)c(OC(C)C)c1. The molecule has 0 saturated carbocycles. The Kier molecular flexibility index (Phi) is 5.09. The molecule has 21 heavy (non-hydrogen) atoms. The van der Waals surface area contributed by atoms with Gasteiger partial charge < -0.3 is 15.4 Å². The van der Waals surface area contributed by atoms with Crippen molar-refractivity contribution < 1.29 is 4.74 Å². The maximum Gasteiger partial charge on any atom is 0.144 e. The zero-order valence-electron chi connectivity index (χ0n) is 13.0. The van der Waals surface area contributed by atoms with Crippen molar-refractivity contribution in [1.82, 2.24) is 0 Å². The number of anilines is 2. The van der Waals surface area contributed by atoms with E-state index in [1.807, 2.05) is 32.0 Å². The molecular weight excluding hydrogens is 260 g/mol. The summed E-state index contributed by atoms with van der Waals surface area (Å²) in [7, 11) is 0. The lowest BCUT2D eigenvalue weighted by atomic mass is 10.2. The largest absolute Gasteiger partial charge is 0.489 e. The van der Waals surface area contributed by atoms with Crippen molar-refractivity contribution in [3.8, 4) is 5.75 Å². The zero-order chi connectivity index (χ0) is 15.2. The van der Waals surface area contributed by atoms with Gasteiger partial charge in [-0.3, -0.25) is 0 Å². The van der Waals surface area contributed by atoms with Crippen molar-refractivity contribution >= 4 is 11.4 Å². The van der Waals surface area contributed by atoms with Gasteiger partial charge >= 0.3 is 0 Å². The standard InChI is InChI=1S/C18H24N2O/c1-4-20(13-15-8-6-5-7-9-15)16-10-11-17(19)18(12-16)21-14(2)3/h5-12,14H,4,13,19H2,1-3H3. The molecule has 0 unspecified atom stereocenters. The molecule has 0 bridgehead atoms. The molecule has 2 aromatic rings. The fourth-order valence-corrected chi connectivity index (χ4v) is 2.27. The highest BCUT2D eigenvalue weighted by Gasteiger charge is 2.10. The van der Waals surface area contributed by atoms with Crippen molar-refractivity contribution in [3.63, 3.8) is 0 Å². The lowest BCUT2D eigenvalue weighted by molar-refractivity contribution is 0.244. The van der Waals surface area contributed by atoms with E-state index in [9.17, 15) is 0 Å². The van der Waals surface area contributed by atoms with Gasteiger partial charge in [-0.2, -0.15) is 0 Å². The summed E-state index contributed by atoms with van der Waals surface area (Å²) in [5.74, 6) is 0.758. The summed E-state index contributed by atoms with van der Waals surface area (Å²) >= 11 is 0. The molecule has 0 radical (unpaired) electrons. The minimum atomic E-state index is 0.117. The molecule has 2 aromatic carbocycles. The summed E-state index contributed by atoms with van der Waals surface area (Å²) < 4.78 is 5.78. The molecule has 3 nitrogen and oxygen atoms in total. The van der Waals surface area contributed by atoms with Gasteiger partial charge in [-0.05, 0) is 38.5 Å². The normalized spacial score (nSPS) is 10.7. The topological polar surface area (TPSA) is 38.5 Å². The predicted molar refractivity (Wildman–Crippen MR) is 89.8 cm³/mol. The number of benzene rings is 2. The third-order valence-corrected chi connectivity index (χ3v) is 3.32. The Bertz CT molecular complexity index is 567. The molecule has 0 saturated heterocycles. The van der Waals surface area contributed by atoms with Crippen LogP contribution in [0.2, 0.25) is 0 Å². The summed E-state index contributed by atoms with van der Waals surface area (Å²) in [6, 6.07) is 16.5. The van der Waals surface area contributed by atoms with E-state index in [1.165, 1.54) is 5.56 Å². The second-order valence-corrected chi connectivity index (χ2v) is 5.39. The van der Waals surface area contributed by atoms with Crippen molar-refractivity contribution in [2.75, 3.05) is 17.2 Å². The van der Waals surface area contributed by atoms with Crippen LogP contribution in [-0.2, 0) is 6.54 Å². The Morgan fingerprint density at radius 3 is 2.43 bits per heavy atom. The molecule has 0 aliphatic carbocycles. The van der Waals surface area contributed by atoms with E-state index >= 15 is 0 Å². The summed E-state index contributed by atoms with van der Waals surface area (Å²) in [6.45, 7) is 7.98. The highest BCUT2D eigenvalue weighted by Crippen LogP contribution is 2.29. The van der Waals surface area contributed by atoms with Gasteiger partial charge in [0.25, 0.3) is 0 Å². The number of hydrogen-bond acceptors (Lipinski definition) is 3. The van der Waals surface area contributed by atoms with E-state index in [2.05, 4.69) is 42.2 Å². The van der Waals surface area contributed by atoms with Crippen LogP contribution in [0.5, 0.6) is 5.75 Å². The number of ether oxygens (including phenoxy) is 1. The molecule has 3 heteroatoms. The molecule has 0 aromatic heterocycles. The van der Waals surface area contributed by atoms with Gasteiger partial charge in [-0.25, -0.2) is 0 Å². The number of hydrogen-bond donors (Lipinski definition) is 1. The molecule has 112 valence electrons. The monoisotopic (exact) mass is 284 g/mol. The van der Waals surface area contributed by atoms with Crippen LogP contribution >= 0.6 is 0 Å². The van der Waals surface area contributed by atoms with Crippen molar-refractivity contribution in [2.45, 2.75) is 33.4 Å². The van der Waals surface area contributed by atoms with E-state index in [-0.39, 0.29) is 6.10 Å². The van der Waals surface area contributed by atoms with Crippen molar-refractivity contribution in [3.05, 3.63) is 54.1 Å². The minimum Gasteiger partial charge on any atom is -0.489 e. The van der Waals surface area contributed by atoms with Crippen molar-refractivity contribution in [2.24, 2.45) is 0 Å². The van der Waals surface area contributed by atoms with Gasteiger partial charge in [0.1, 0.15) is 5.75 Å². The Hall–Kier alpha value is -2.16. The Balaban J connectivity index is 2.21. The first-order chi connectivity index (χ1) is 10.1. The third-order valence-electron chi connectivity index (χ3n) is 3.32. The second-order valence-electron chi connectivity index (χ2n) is 5.39. The van der Waals surface area contributed by atoms with Gasteiger partial charge in [0.2, 0.25) is 0 Å². The van der Waals surface area contributed by atoms with Crippen LogP contribution in [0.25, 0.3) is 0 Å². The van der Waals surface area contributed by atoms with Crippen LogP contribution in [0.1, 0.15) is 26.3 Å². The number of nitrogen functional groups attached to an aromatic ring is 1. The fraction of sp³-hybridized carbons (Fsp3) is 0.333. The van der Waals surface area contributed by atoms with Gasteiger partial charge in [0.15, 0.2) is 0 Å². The average molecular weight is 284 g/mol. The average Bonchev–Trinajstić information content (AvgIpc) is 2.48. The zero-order valence-corrected chi connectivity index (χ0v) is 13.0. The van der Waals surface area contributed by atoms with Gasteiger partial charge in [0.05, 0.1) is 11.8 Å². The fourth-order valence-electron chi connectivity index (χ4n) is 2.27. The molecular formula is C18H24N2O. The predicted octanol–water partition coefficient (Wildman–Crippen LogP) is 4.08. The highest BCUT2D eigenvalue weighted by atomic mass is 16.5. The van der Waals surface area contributed by atoms with E-state index in [1.54, 1.807) is 0 Å². The number of nitrogens with two attached hydrogens (primary N) is 1. The van der Waals surface area contributed by atoms with Crippen LogP contribution in [0.3, 0.4) is 0 Å². The van der Waals surface area contributed by atoms with E-state index in [0.717, 1.165) is 24.5 Å². The molecule has 0 amide bonds. The molecule has 0 aliphatic rings. The van der Waals surface area contributed by atoms with Gasteiger partial charge in [-0.15, -0.1) is 0 Å². The van der Waals surface area contributed by atoms with Crippen molar-refractivity contribution in [1.29, 1.82) is 0 Å². The summed E-state index contributed by atoms with van der Waals surface area (Å²) in [5, 5.41) is 0. The maximum absolute atomic E-state index is 5.99.